The summed E-state index contributed by atoms with van der Waals surface area (Å²) in [5.74, 6) is -0.0127. The molecule has 112 valence electrons. The molecule has 0 aromatic heterocycles. The average molecular weight is 326 g/mol. The Morgan fingerprint density at radius 2 is 2.29 bits per heavy atom. The Morgan fingerprint density at radius 3 is 3.00 bits per heavy atom. The van der Waals surface area contributed by atoms with E-state index < -0.39 is 0 Å². The highest BCUT2D eigenvalue weighted by atomic mass is 35.5. The van der Waals surface area contributed by atoms with Gasteiger partial charge in [-0.2, -0.15) is 5.26 Å². The van der Waals surface area contributed by atoms with Crippen LogP contribution in [0.15, 0.2) is 18.2 Å². The number of likely N-dealkylation sites (tertiary alicyclic amines) is 1. The minimum Gasteiger partial charge on any atom is -0.326 e. The number of halogens is 2. The van der Waals surface area contributed by atoms with Gasteiger partial charge in [-0.1, -0.05) is 29.3 Å². The summed E-state index contributed by atoms with van der Waals surface area (Å²) in [4.78, 5) is 13.7. The van der Waals surface area contributed by atoms with E-state index in [0.29, 0.717) is 23.1 Å². The maximum Gasteiger partial charge on any atom is 0.237 e. The number of nitrogens with zero attached hydrogens (tertiary/aromatic N) is 2. The molecule has 0 spiro atoms. The van der Waals surface area contributed by atoms with E-state index in [1.807, 2.05) is 6.07 Å². The van der Waals surface area contributed by atoms with Gasteiger partial charge in [0.1, 0.15) is 6.04 Å². The first-order valence-electron chi connectivity index (χ1n) is 6.95. The summed E-state index contributed by atoms with van der Waals surface area (Å²) in [5, 5.41) is 13.3. The molecule has 1 fully saturated rings. The molecule has 0 bridgehead atoms. The smallest absolute Gasteiger partial charge is 0.237 e. The molecule has 4 nitrogen and oxygen atoms in total. The number of carbonyl (C=O) groups excluding carboxylic acids is 1. The normalized spacial score (nSPS) is 17.8. The molecular formula is C15H17Cl2N3O. The number of amides is 1. The van der Waals surface area contributed by atoms with E-state index in [4.69, 9.17) is 28.5 Å². The van der Waals surface area contributed by atoms with E-state index in [-0.39, 0.29) is 18.5 Å². The first-order valence-corrected chi connectivity index (χ1v) is 7.71. The number of nitriles is 1. The molecule has 1 aromatic rings. The van der Waals surface area contributed by atoms with E-state index in [9.17, 15) is 4.79 Å². The fourth-order valence-electron chi connectivity index (χ4n) is 2.44. The van der Waals surface area contributed by atoms with E-state index >= 15 is 0 Å². The lowest BCUT2D eigenvalue weighted by Crippen LogP contribution is -2.41. The second kappa shape index (κ2) is 7.65. The summed E-state index contributed by atoms with van der Waals surface area (Å²) in [7, 11) is 0. The number of benzene rings is 1. The maximum atomic E-state index is 12.0. The molecule has 1 aliphatic heterocycles. The summed E-state index contributed by atoms with van der Waals surface area (Å²) >= 11 is 11.9. The molecule has 1 amide bonds. The molecule has 0 unspecified atom stereocenters. The average Bonchev–Trinajstić information content (AvgIpc) is 2.93. The lowest BCUT2D eigenvalue weighted by atomic mass is 10.1. The Hall–Kier alpha value is -1.28. The van der Waals surface area contributed by atoms with Crippen LogP contribution in [0.25, 0.3) is 0 Å². The van der Waals surface area contributed by atoms with Gasteiger partial charge in [0.2, 0.25) is 5.91 Å². The minimum atomic E-state index is -0.259. The summed E-state index contributed by atoms with van der Waals surface area (Å²) in [6.07, 6.45) is 2.41. The highest BCUT2D eigenvalue weighted by molar-refractivity contribution is 6.35. The predicted molar refractivity (Wildman–Crippen MR) is 83.4 cm³/mol. The molecule has 2 rings (SSSR count). The van der Waals surface area contributed by atoms with Gasteiger partial charge in [0.15, 0.2) is 0 Å². The second-order valence-electron chi connectivity index (χ2n) is 5.04. The third-order valence-electron chi connectivity index (χ3n) is 3.58. The van der Waals surface area contributed by atoms with Crippen molar-refractivity contribution < 1.29 is 4.79 Å². The van der Waals surface area contributed by atoms with Crippen LogP contribution in [0.4, 0.5) is 0 Å². The molecule has 0 aliphatic carbocycles. The van der Waals surface area contributed by atoms with E-state index in [1.165, 1.54) is 0 Å². The molecule has 6 heteroatoms. The lowest BCUT2D eigenvalue weighted by Gasteiger charge is -2.19. The molecule has 21 heavy (non-hydrogen) atoms. The fourth-order valence-corrected chi connectivity index (χ4v) is 2.95. The highest BCUT2D eigenvalue weighted by Gasteiger charge is 2.27. The predicted octanol–water partition coefficient (Wildman–Crippen LogP) is 2.64. The Bertz CT molecular complexity index is 556. The van der Waals surface area contributed by atoms with Gasteiger partial charge in [0.05, 0.1) is 12.6 Å². The Morgan fingerprint density at radius 1 is 1.48 bits per heavy atom. The Kier molecular flexibility index (Phi) is 5.86. The van der Waals surface area contributed by atoms with Gasteiger partial charge in [-0.15, -0.1) is 0 Å². The van der Waals surface area contributed by atoms with Crippen LogP contribution in [0, 0.1) is 11.3 Å². The van der Waals surface area contributed by atoms with Gasteiger partial charge < -0.3 is 10.2 Å². The van der Waals surface area contributed by atoms with Crippen LogP contribution in [0.5, 0.6) is 0 Å². The Balaban J connectivity index is 1.74. The molecule has 1 saturated heterocycles. The van der Waals surface area contributed by atoms with Crippen molar-refractivity contribution in [3.05, 3.63) is 33.8 Å². The van der Waals surface area contributed by atoms with E-state index in [2.05, 4.69) is 11.4 Å². The van der Waals surface area contributed by atoms with Crippen molar-refractivity contribution in [1.29, 1.82) is 5.26 Å². The molecular weight excluding hydrogens is 309 g/mol. The molecule has 1 atom stereocenters. The number of nitrogens with one attached hydrogen (secondary N) is 1. The van der Waals surface area contributed by atoms with Crippen LogP contribution in [0.2, 0.25) is 10.0 Å². The number of rotatable bonds is 5. The first kappa shape index (κ1) is 16.1. The maximum absolute atomic E-state index is 12.0. The van der Waals surface area contributed by atoms with Crippen molar-refractivity contribution in [3.8, 4) is 6.07 Å². The van der Waals surface area contributed by atoms with Gasteiger partial charge >= 0.3 is 0 Å². The van der Waals surface area contributed by atoms with Crippen LogP contribution in [-0.4, -0.2) is 36.5 Å². The van der Waals surface area contributed by atoms with Gasteiger partial charge in [-0.25, -0.2) is 0 Å². The zero-order valence-corrected chi connectivity index (χ0v) is 13.1. The van der Waals surface area contributed by atoms with Crippen molar-refractivity contribution in [2.75, 3.05) is 19.6 Å². The summed E-state index contributed by atoms with van der Waals surface area (Å²) in [5.41, 5.74) is 0.997. The largest absolute Gasteiger partial charge is 0.326 e. The lowest BCUT2D eigenvalue weighted by molar-refractivity contribution is -0.130. The number of hydrogen-bond acceptors (Lipinski definition) is 3. The van der Waals surface area contributed by atoms with Crippen LogP contribution < -0.4 is 5.32 Å². The number of carbonyl (C=O) groups is 1. The van der Waals surface area contributed by atoms with Gasteiger partial charge in [0, 0.05) is 16.6 Å². The van der Waals surface area contributed by atoms with Crippen molar-refractivity contribution in [2.24, 2.45) is 0 Å². The molecule has 0 saturated carbocycles. The molecule has 0 radical (unpaired) electrons. The van der Waals surface area contributed by atoms with Gasteiger partial charge in [0.25, 0.3) is 0 Å². The first-order chi connectivity index (χ1) is 10.1. The quantitative estimate of drug-likeness (QED) is 0.847. The van der Waals surface area contributed by atoms with Gasteiger partial charge in [-0.05, 0) is 43.5 Å². The monoisotopic (exact) mass is 325 g/mol. The number of hydrogen-bond donors (Lipinski definition) is 1. The van der Waals surface area contributed by atoms with Crippen LogP contribution >= 0.6 is 23.2 Å². The fraction of sp³-hybridized carbons (Fsp3) is 0.467. The molecule has 1 aliphatic rings. The molecule has 1 heterocycles. The highest BCUT2D eigenvalue weighted by Crippen LogP contribution is 2.21. The third kappa shape index (κ3) is 4.34. The van der Waals surface area contributed by atoms with E-state index in [1.54, 1.807) is 17.0 Å². The molecule has 1 N–H and O–H groups in total. The second-order valence-corrected chi connectivity index (χ2v) is 5.88. The van der Waals surface area contributed by atoms with Crippen LogP contribution in [0.1, 0.15) is 18.4 Å². The Labute approximate surface area is 134 Å². The molecule has 1 aromatic carbocycles. The summed E-state index contributed by atoms with van der Waals surface area (Å²) < 4.78 is 0. The van der Waals surface area contributed by atoms with Crippen molar-refractivity contribution in [3.63, 3.8) is 0 Å². The van der Waals surface area contributed by atoms with Crippen LogP contribution in [-0.2, 0) is 11.2 Å². The topological polar surface area (TPSA) is 56.1 Å². The minimum absolute atomic E-state index is 0.0127. The van der Waals surface area contributed by atoms with Crippen molar-refractivity contribution in [1.82, 2.24) is 10.2 Å². The standard InChI is InChI=1S/C15H17Cl2N3O/c16-12-4-3-11(14(17)8-12)5-6-19-10-15(21)20-7-1-2-13(20)9-18/h3-4,8,13,19H,1-2,5-7,10H2/t13-/m0/s1. The van der Waals surface area contributed by atoms with Crippen molar-refractivity contribution in [2.45, 2.75) is 25.3 Å². The van der Waals surface area contributed by atoms with Crippen molar-refractivity contribution >= 4 is 29.1 Å². The zero-order chi connectivity index (χ0) is 15.2. The summed E-state index contributed by atoms with van der Waals surface area (Å²) in [6, 6.07) is 7.32. The SMILES string of the molecule is N#C[C@@H]1CCCN1C(=O)CNCCc1ccc(Cl)cc1Cl. The van der Waals surface area contributed by atoms with Gasteiger partial charge in [-0.3, -0.25) is 4.79 Å². The van der Waals surface area contributed by atoms with E-state index in [0.717, 1.165) is 24.8 Å². The summed E-state index contributed by atoms with van der Waals surface area (Å²) in [6.45, 7) is 1.59. The zero-order valence-electron chi connectivity index (χ0n) is 11.6. The third-order valence-corrected chi connectivity index (χ3v) is 4.17. The van der Waals surface area contributed by atoms with Crippen LogP contribution in [0.3, 0.4) is 0 Å².